The fraction of sp³-hybridized carbons (Fsp3) is 0.154. The SMILES string of the molecule is C=CC(=O)Oc1cccc(N2C(=O)CCC2=O)c1. The maximum atomic E-state index is 11.6. The number of carbonyl (C=O) groups is 3. The van der Waals surface area contributed by atoms with Crippen LogP contribution in [0.2, 0.25) is 0 Å². The number of anilines is 1. The van der Waals surface area contributed by atoms with Crippen molar-refractivity contribution in [1.82, 2.24) is 0 Å². The van der Waals surface area contributed by atoms with Gasteiger partial charge in [0.1, 0.15) is 5.75 Å². The molecule has 1 saturated heterocycles. The van der Waals surface area contributed by atoms with Gasteiger partial charge in [-0.25, -0.2) is 4.79 Å². The van der Waals surface area contributed by atoms with E-state index in [2.05, 4.69) is 6.58 Å². The summed E-state index contributed by atoms with van der Waals surface area (Å²) in [4.78, 5) is 35.3. The molecule has 0 N–H and O–H groups in total. The van der Waals surface area contributed by atoms with Gasteiger partial charge in [-0.15, -0.1) is 0 Å². The molecule has 0 aromatic heterocycles. The second kappa shape index (κ2) is 4.83. The summed E-state index contributed by atoms with van der Waals surface area (Å²) in [7, 11) is 0. The van der Waals surface area contributed by atoms with Crippen molar-refractivity contribution in [2.24, 2.45) is 0 Å². The monoisotopic (exact) mass is 245 g/mol. The predicted octanol–water partition coefficient (Wildman–Crippen LogP) is 1.43. The maximum Gasteiger partial charge on any atom is 0.335 e. The lowest BCUT2D eigenvalue weighted by atomic mass is 10.3. The first kappa shape index (κ1) is 12.0. The van der Waals surface area contributed by atoms with Gasteiger partial charge < -0.3 is 4.74 Å². The van der Waals surface area contributed by atoms with Crippen molar-refractivity contribution in [1.29, 1.82) is 0 Å². The maximum absolute atomic E-state index is 11.6. The molecule has 1 aromatic rings. The van der Waals surface area contributed by atoms with Crippen LogP contribution < -0.4 is 9.64 Å². The minimum absolute atomic E-state index is 0.218. The van der Waals surface area contributed by atoms with Crippen molar-refractivity contribution in [3.63, 3.8) is 0 Å². The number of amides is 2. The molecular weight excluding hydrogens is 234 g/mol. The molecule has 1 aromatic carbocycles. The van der Waals surface area contributed by atoms with E-state index < -0.39 is 5.97 Å². The Morgan fingerprint density at radius 2 is 1.94 bits per heavy atom. The van der Waals surface area contributed by atoms with E-state index in [-0.39, 0.29) is 30.4 Å². The lowest BCUT2D eigenvalue weighted by Gasteiger charge is -2.14. The highest BCUT2D eigenvalue weighted by Crippen LogP contribution is 2.26. The molecule has 5 heteroatoms. The molecule has 1 heterocycles. The summed E-state index contributed by atoms with van der Waals surface area (Å²) < 4.78 is 4.93. The Bertz CT molecular complexity index is 520. The van der Waals surface area contributed by atoms with Gasteiger partial charge in [0.2, 0.25) is 11.8 Å². The van der Waals surface area contributed by atoms with Crippen LogP contribution in [0.5, 0.6) is 5.75 Å². The molecule has 0 aliphatic carbocycles. The summed E-state index contributed by atoms with van der Waals surface area (Å²) in [6.45, 7) is 3.29. The van der Waals surface area contributed by atoms with Crippen LogP contribution in [0, 0.1) is 0 Å². The van der Waals surface area contributed by atoms with Crippen LogP contribution in [0.15, 0.2) is 36.9 Å². The third kappa shape index (κ3) is 2.29. The van der Waals surface area contributed by atoms with Crippen molar-refractivity contribution in [3.8, 4) is 5.75 Å². The zero-order chi connectivity index (χ0) is 13.1. The van der Waals surface area contributed by atoms with Gasteiger partial charge in [0.05, 0.1) is 5.69 Å². The first-order chi connectivity index (χ1) is 8.61. The van der Waals surface area contributed by atoms with Crippen LogP contribution in [0.25, 0.3) is 0 Å². The second-order valence-corrected chi connectivity index (χ2v) is 3.75. The highest BCUT2D eigenvalue weighted by molar-refractivity contribution is 6.19. The number of hydrogen-bond acceptors (Lipinski definition) is 4. The molecule has 18 heavy (non-hydrogen) atoms. The number of hydrogen-bond donors (Lipinski definition) is 0. The lowest BCUT2D eigenvalue weighted by Crippen LogP contribution is -2.28. The molecule has 1 fully saturated rings. The molecule has 0 radical (unpaired) electrons. The van der Waals surface area contributed by atoms with E-state index in [0.29, 0.717) is 5.69 Å². The third-order valence-corrected chi connectivity index (χ3v) is 2.51. The summed E-state index contributed by atoms with van der Waals surface area (Å²) in [6.07, 6.45) is 1.48. The molecule has 92 valence electrons. The van der Waals surface area contributed by atoms with Crippen LogP contribution in [0.1, 0.15) is 12.8 Å². The smallest absolute Gasteiger partial charge is 0.335 e. The number of imide groups is 1. The Kier molecular flexibility index (Phi) is 3.23. The predicted molar refractivity (Wildman–Crippen MR) is 64.0 cm³/mol. The van der Waals surface area contributed by atoms with E-state index in [4.69, 9.17) is 4.74 Å². The topological polar surface area (TPSA) is 63.7 Å². The van der Waals surface area contributed by atoms with Crippen molar-refractivity contribution in [3.05, 3.63) is 36.9 Å². The summed E-state index contributed by atoms with van der Waals surface area (Å²) in [5.74, 6) is -0.810. The van der Waals surface area contributed by atoms with Gasteiger partial charge in [0.15, 0.2) is 0 Å². The summed E-state index contributed by atoms with van der Waals surface area (Å²) in [5, 5.41) is 0. The van der Waals surface area contributed by atoms with Gasteiger partial charge in [-0.05, 0) is 12.1 Å². The van der Waals surface area contributed by atoms with Crippen molar-refractivity contribution in [2.45, 2.75) is 12.8 Å². The van der Waals surface area contributed by atoms with Crippen molar-refractivity contribution >= 4 is 23.5 Å². The van der Waals surface area contributed by atoms with Gasteiger partial charge in [-0.1, -0.05) is 12.6 Å². The molecule has 5 nitrogen and oxygen atoms in total. The normalized spacial score (nSPS) is 14.8. The van der Waals surface area contributed by atoms with Crippen LogP contribution in [0.4, 0.5) is 5.69 Å². The Hall–Kier alpha value is -2.43. The minimum Gasteiger partial charge on any atom is -0.423 e. The summed E-state index contributed by atoms with van der Waals surface area (Å²) >= 11 is 0. The summed E-state index contributed by atoms with van der Waals surface area (Å²) in [6, 6.07) is 6.27. The van der Waals surface area contributed by atoms with Crippen molar-refractivity contribution < 1.29 is 19.1 Å². The number of rotatable bonds is 3. The number of esters is 1. The second-order valence-electron chi connectivity index (χ2n) is 3.75. The average Bonchev–Trinajstić information content (AvgIpc) is 2.69. The standard InChI is InChI=1S/C13H11NO4/c1-2-13(17)18-10-5-3-4-9(8-10)14-11(15)6-7-12(14)16/h2-5,8H,1,6-7H2. The molecule has 0 bridgehead atoms. The van der Waals surface area contributed by atoms with E-state index in [0.717, 1.165) is 11.0 Å². The Morgan fingerprint density at radius 1 is 1.28 bits per heavy atom. The number of carbonyl (C=O) groups excluding carboxylic acids is 3. The zero-order valence-corrected chi connectivity index (χ0v) is 9.59. The first-order valence-electron chi connectivity index (χ1n) is 5.42. The molecule has 0 unspecified atom stereocenters. The van der Waals surface area contributed by atoms with Crippen LogP contribution in [-0.2, 0) is 14.4 Å². The van der Waals surface area contributed by atoms with E-state index in [1.165, 1.54) is 6.07 Å². The van der Waals surface area contributed by atoms with E-state index in [1.54, 1.807) is 18.2 Å². The quantitative estimate of drug-likeness (QED) is 0.350. The van der Waals surface area contributed by atoms with Crippen LogP contribution in [-0.4, -0.2) is 17.8 Å². The minimum atomic E-state index is -0.591. The Balaban J connectivity index is 2.26. The largest absolute Gasteiger partial charge is 0.423 e. The molecule has 1 aliphatic rings. The zero-order valence-electron chi connectivity index (χ0n) is 9.59. The number of nitrogens with zero attached hydrogens (tertiary/aromatic N) is 1. The molecule has 1 aliphatic heterocycles. The van der Waals surface area contributed by atoms with E-state index >= 15 is 0 Å². The summed E-state index contributed by atoms with van der Waals surface area (Å²) in [5.41, 5.74) is 0.414. The van der Waals surface area contributed by atoms with Gasteiger partial charge >= 0.3 is 5.97 Å². The first-order valence-corrected chi connectivity index (χ1v) is 5.42. The molecule has 0 saturated carbocycles. The van der Waals surface area contributed by atoms with Crippen molar-refractivity contribution in [2.75, 3.05) is 4.90 Å². The molecular formula is C13H11NO4. The van der Waals surface area contributed by atoms with Gasteiger partial charge in [-0.3, -0.25) is 14.5 Å². The van der Waals surface area contributed by atoms with Gasteiger partial charge in [-0.2, -0.15) is 0 Å². The molecule has 2 rings (SSSR count). The van der Waals surface area contributed by atoms with E-state index in [9.17, 15) is 14.4 Å². The fourth-order valence-corrected chi connectivity index (χ4v) is 1.71. The van der Waals surface area contributed by atoms with Crippen LogP contribution in [0.3, 0.4) is 0 Å². The molecule has 0 spiro atoms. The van der Waals surface area contributed by atoms with E-state index in [1.807, 2.05) is 0 Å². The third-order valence-electron chi connectivity index (χ3n) is 2.51. The molecule has 0 atom stereocenters. The van der Waals surface area contributed by atoms with Gasteiger partial charge in [0, 0.05) is 25.0 Å². The molecule has 2 amide bonds. The van der Waals surface area contributed by atoms with Gasteiger partial charge in [0.25, 0.3) is 0 Å². The Labute approximate surface area is 104 Å². The lowest BCUT2D eigenvalue weighted by molar-refractivity contribution is -0.129. The highest BCUT2D eigenvalue weighted by Gasteiger charge is 2.30. The highest BCUT2D eigenvalue weighted by atomic mass is 16.5. The number of ether oxygens (including phenoxy) is 1. The average molecular weight is 245 g/mol. The van der Waals surface area contributed by atoms with Crippen LogP contribution >= 0.6 is 0 Å². The fourth-order valence-electron chi connectivity index (χ4n) is 1.71. The number of benzene rings is 1. The Morgan fingerprint density at radius 3 is 2.56 bits per heavy atom.